The summed E-state index contributed by atoms with van der Waals surface area (Å²) >= 11 is 0. The Morgan fingerprint density at radius 2 is 2.20 bits per heavy atom. The minimum absolute atomic E-state index is 0.155. The van der Waals surface area contributed by atoms with Crippen LogP contribution in [0.4, 0.5) is 0 Å². The molecule has 1 aromatic rings. The smallest absolute Gasteiger partial charge is 0.251 e. The lowest BCUT2D eigenvalue weighted by molar-refractivity contribution is 0.0243. The predicted octanol–water partition coefficient (Wildman–Crippen LogP) is 0.807. The highest BCUT2D eigenvalue weighted by molar-refractivity contribution is 5.94. The van der Waals surface area contributed by atoms with E-state index in [4.69, 9.17) is 4.74 Å². The van der Waals surface area contributed by atoms with Crippen LogP contribution < -0.4 is 10.6 Å². The van der Waals surface area contributed by atoms with Crippen molar-refractivity contribution in [3.05, 3.63) is 34.9 Å². The molecule has 2 rings (SSSR count). The SMILES string of the molecule is COCCC(C)(O)CNC(=O)c1ccc2c(c1)CNC2. The highest BCUT2D eigenvalue weighted by atomic mass is 16.5. The van der Waals surface area contributed by atoms with Crippen LogP contribution in [0.3, 0.4) is 0 Å². The monoisotopic (exact) mass is 278 g/mol. The van der Waals surface area contributed by atoms with E-state index < -0.39 is 5.60 Å². The maximum atomic E-state index is 12.1. The number of carbonyl (C=O) groups is 1. The number of carbonyl (C=O) groups excluding carboxylic acids is 1. The van der Waals surface area contributed by atoms with Crippen molar-refractivity contribution in [2.24, 2.45) is 0 Å². The number of benzene rings is 1. The maximum absolute atomic E-state index is 12.1. The van der Waals surface area contributed by atoms with Gasteiger partial charge in [-0.15, -0.1) is 0 Å². The van der Waals surface area contributed by atoms with E-state index >= 15 is 0 Å². The van der Waals surface area contributed by atoms with Crippen LogP contribution in [0.2, 0.25) is 0 Å². The van der Waals surface area contributed by atoms with Crippen molar-refractivity contribution >= 4 is 5.91 Å². The summed E-state index contributed by atoms with van der Waals surface area (Å²) in [5, 5.41) is 16.1. The molecule has 0 aromatic heterocycles. The van der Waals surface area contributed by atoms with Crippen LogP contribution in [0.25, 0.3) is 0 Å². The van der Waals surface area contributed by atoms with E-state index in [1.165, 1.54) is 11.1 Å². The van der Waals surface area contributed by atoms with Gasteiger partial charge in [-0.25, -0.2) is 0 Å². The molecule has 0 bridgehead atoms. The van der Waals surface area contributed by atoms with Gasteiger partial charge in [0.05, 0.1) is 5.60 Å². The summed E-state index contributed by atoms with van der Waals surface area (Å²) in [6.07, 6.45) is 0.484. The van der Waals surface area contributed by atoms with Gasteiger partial charge in [0.25, 0.3) is 5.91 Å². The number of nitrogens with one attached hydrogen (secondary N) is 2. The van der Waals surface area contributed by atoms with Crippen LogP contribution >= 0.6 is 0 Å². The van der Waals surface area contributed by atoms with Gasteiger partial charge in [0.2, 0.25) is 0 Å². The van der Waals surface area contributed by atoms with Gasteiger partial charge < -0.3 is 20.5 Å². The van der Waals surface area contributed by atoms with E-state index in [-0.39, 0.29) is 12.5 Å². The fourth-order valence-electron chi connectivity index (χ4n) is 2.22. The van der Waals surface area contributed by atoms with Crippen LogP contribution in [0, 0.1) is 0 Å². The number of fused-ring (bicyclic) bond motifs is 1. The molecule has 1 heterocycles. The third-order valence-corrected chi connectivity index (χ3v) is 3.57. The topological polar surface area (TPSA) is 70.6 Å². The summed E-state index contributed by atoms with van der Waals surface area (Å²) in [7, 11) is 1.59. The number of methoxy groups -OCH3 is 1. The lowest BCUT2D eigenvalue weighted by atomic mass is 10.0. The van der Waals surface area contributed by atoms with Gasteiger partial charge in [-0.05, 0) is 30.2 Å². The molecule has 0 radical (unpaired) electrons. The predicted molar refractivity (Wildman–Crippen MR) is 76.4 cm³/mol. The molecule has 1 atom stereocenters. The summed E-state index contributed by atoms with van der Waals surface area (Å²) in [4.78, 5) is 12.1. The van der Waals surface area contributed by atoms with E-state index in [0.717, 1.165) is 13.1 Å². The molecule has 1 aliphatic heterocycles. The molecule has 1 amide bonds. The second-order valence-electron chi connectivity index (χ2n) is 5.51. The van der Waals surface area contributed by atoms with E-state index in [1.807, 2.05) is 18.2 Å². The highest BCUT2D eigenvalue weighted by Gasteiger charge is 2.21. The van der Waals surface area contributed by atoms with Crippen molar-refractivity contribution in [1.82, 2.24) is 10.6 Å². The van der Waals surface area contributed by atoms with Crippen LogP contribution in [-0.2, 0) is 17.8 Å². The molecule has 0 spiro atoms. The van der Waals surface area contributed by atoms with Crippen LogP contribution in [-0.4, -0.2) is 36.9 Å². The number of ether oxygens (including phenoxy) is 1. The molecule has 0 saturated heterocycles. The Labute approximate surface area is 119 Å². The largest absolute Gasteiger partial charge is 0.388 e. The number of rotatable bonds is 6. The summed E-state index contributed by atoms with van der Waals surface area (Å²) in [6, 6.07) is 5.72. The van der Waals surface area contributed by atoms with Crippen molar-refractivity contribution in [2.75, 3.05) is 20.3 Å². The van der Waals surface area contributed by atoms with E-state index in [9.17, 15) is 9.90 Å². The second-order valence-corrected chi connectivity index (χ2v) is 5.51. The molecule has 1 aliphatic rings. The Balaban J connectivity index is 1.92. The number of hydrogen-bond donors (Lipinski definition) is 3. The van der Waals surface area contributed by atoms with Crippen molar-refractivity contribution in [2.45, 2.75) is 32.0 Å². The van der Waals surface area contributed by atoms with Crippen LogP contribution in [0.15, 0.2) is 18.2 Å². The first kappa shape index (κ1) is 15.0. The fourth-order valence-corrected chi connectivity index (χ4v) is 2.22. The summed E-state index contributed by atoms with van der Waals surface area (Å²) in [6.45, 7) is 4.04. The Kier molecular flexibility index (Phi) is 4.75. The first-order valence-corrected chi connectivity index (χ1v) is 6.84. The molecule has 1 unspecified atom stereocenters. The molecular weight excluding hydrogens is 256 g/mol. The van der Waals surface area contributed by atoms with Crippen molar-refractivity contribution in [1.29, 1.82) is 0 Å². The lowest BCUT2D eigenvalue weighted by Crippen LogP contribution is -2.41. The molecule has 0 fully saturated rings. The number of hydrogen-bond acceptors (Lipinski definition) is 4. The fraction of sp³-hybridized carbons (Fsp3) is 0.533. The van der Waals surface area contributed by atoms with Crippen molar-refractivity contribution in [3.63, 3.8) is 0 Å². The molecule has 0 saturated carbocycles. The maximum Gasteiger partial charge on any atom is 0.251 e. The third-order valence-electron chi connectivity index (χ3n) is 3.57. The van der Waals surface area contributed by atoms with Gasteiger partial charge in [-0.3, -0.25) is 4.79 Å². The average Bonchev–Trinajstić information content (AvgIpc) is 2.90. The molecule has 5 heteroatoms. The molecule has 110 valence electrons. The molecule has 5 nitrogen and oxygen atoms in total. The Hall–Kier alpha value is -1.43. The molecule has 20 heavy (non-hydrogen) atoms. The zero-order valence-corrected chi connectivity index (χ0v) is 12.0. The Morgan fingerprint density at radius 1 is 1.45 bits per heavy atom. The van der Waals surface area contributed by atoms with Gasteiger partial charge >= 0.3 is 0 Å². The van der Waals surface area contributed by atoms with Gasteiger partial charge in [0.1, 0.15) is 0 Å². The third kappa shape index (κ3) is 3.79. The number of amides is 1. The first-order valence-electron chi connectivity index (χ1n) is 6.84. The second kappa shape index (κ2) is 6.35. The van der Waals surface area contributed by atoms with Crippen LogP contribution in [0.1, 0.15) is 34.8 Å². The summed E-state index contributed by atoms with van der Waals surface area (Å²) in [5.41, 5.74) is 2.09. The molecule has 1 aromatic carbocycles. The van der Waals surface area contributed by atoms with Crippen molar-refractivity contribution < 1.29 is 14.6 Å². The van der Waals surface area contributed by atoms with E-state index in [0.29, 0.717) is 18.6 Å². The van der Waals surface area contributed by atoms with Crippen LogP contribution in [0.5, 0.6) is 0 Å². The average molecular weight is 278 g/mol. The Morgan fingerprint density at radius 3 is 2.95 bits per heavy atom. The highest BCUT2D eigenvalue weighted by Crippen LogP contribution is 2.17. The molecule has 0 aliphatic carbocycles. The van der Waals surface area contributed by atoms with Gasteiger partial charge in [-0.1, -0.05) is 6.07 Å². The zero-order valence-electron chi connectivity index (χ0n) is 12.0. The molecule has 3 N–H and O–H groups in total. The van der Waals surface area contributed by atoms with Gasteiger partial charge in [0, 0.05) is 45.3 Å². The normalized spacial score (nSPS) is 16.6. The lowest BCUT2D eigenvalue weighted by Gasteiger charge is -2.23. The Bertz CT molecular complexity index is 486. The van der Waals surface area contributed by atoms with E-state index in [1.54, 1.807) is 14.0 Å². The van der Waals surface area contributed by atoms with Gasteiger partial charge in [0.15, 0.2) is 0 Å². The zero-order chi connectivity index (χ0) is 14.6. The molecular formula is C15H22N2O3. The minimum atomic E-state index is -0.954. The number of aliphatic hydroxyl groups is 1. The van der Waals surface area contributed by atoms with E-state index in [2.05, 4.69) is 10.6 Å². The minimum Gasteiger partial charge on any atom is -0.388 e. The standard InChI is InChI=1S/C15H22N2O3/c1-15(19,5-6-20-2)10-17-14(18)11-3-4-12-8-16-9-13(12)7-11/h3-4,7,16,19H,5-6,8-10H2,1-2H3,(H,17,18). The van der Waals surface area contributed by atoms with Gasteiger partial charge in [-0.2, -0.15) is 0 Å². The summed E-state index contributed by atoms with van der Waals surface area (Å²) in [5.74, 6) is -0.155. The first-order chi connectivity index (χ1) is 9.52. The summed E-state index contributed by atoms with van der Waals surface area (Å²) < 4.78 is 4.94. The quantitative estimate of drug-likeness (QED) is 0.720. The van der Waals surface area contributed by atoms with Crippen molar-refractivity contribution in [3.8, 4) is 0 Å².